The maximum atomic E-state index is 11.2. The van der Waals surface area contributed by atoms with Crippen LogP contribution < -0.4 is 5.32 Å². The SMILES string of the molecule is CC.CCOC(=O)NCC(/C=C\C(C)C)=C/C(C)C. The zero-order valence-corrected chi connectivity index (χ0v) is 13.6. The second-order valence-corrected chi connectivity index (χ2v) is 4.66. The Morgan fingerprint density at radius 2 is 1.74 bits per heavy atom. The molecule has 0 bridgehead atoms. The van der Waals surface area contributed by atoms with Crippen LogP contribution in [0.1, 0.15) is 48.5 Å². The van der Waals surface area contributed by atoms with Gasteiger partial charge in [-0.15, -0.1) is 0 Å². The maximum absolute atomic E-state index is 11.2. The van der Waals surface area contributed by atoms with Crippen molar-refractivity contribution < 1.29 is 9.53 Å². The van der Waals surface area contributed by atoms with Crippen LogP contribution in [0.15, 0.2) is 23.8 Å². The van der Waals surface area contributed by atoms with Crippen LogP contribution in [0, 0.1) is 11.8 Å². The zero-order chi connectivity index (χ0) is 15.3. The van der Waals surface area contributed by atoms with Gasteiger partial charge in [-0.3, -0.25) is 0 Å². The van der Waals surface area contributed by atoms with E-state index in [1.165, 1.54) is 0 Å². The van der Waals surface area contributed by atoms with Gasteiger partial charge in [0.15, 0.2) is 0 Å². The van der Waals surface area contributed by atoms with Crippen LogP contribution in [-0.2, 0) is 4.74 Å². The van der Waals surface area contributed by atoms with Crippen molar-refractivity contribution in [3.63, 3.8) is 0 Å². The van der Waals surface area contributed by atoms with E-state index in [1.807, 2.05) is 13.8 Å². The lowest BCUT2D eigenvalue weighted by molar-refractivity contribution is 0.153. The molecule has 0 radical (unpaired) electrons. The standard InChI is InChI=1S/C14H25NO2.C2H6/c1-6-17-14(16)15-10-13(9-12(4)5)8-7-11(2)3;1-2/h7-9,11-12H,6,10H2,1-5H3,(H,15,16);1-2H3/b8-7-,13-9+;. The van der Waals surface area contributed by atoms with E-state index in [0.29, 0.717) is 25.0 Å². The van der Waals surface area contributed by atoms with Gasteiger partial charge < -0.3 is 10.1 Å². The Hall–Kier alpha value is -1.25. The van der Waals surface area contributed by atoms with Crippen molar-refractivity contribution in [1.82, 2.24) is 5.32 Å². The normalized spacial score (nSPS) is 11.5. The molecule has 3 nitrogen and oxygen atoms in total. The van der Waals surface area contributed by atoms with E-state index in [0.717, 1.165) is 5.57 Å². The molecule has 0 atom stereocenters. The Morgan fingerprint density at radius 1 is 1.16 bits per heavy atom. The average Bonchev–Trinajstić information content (AvgIpc) is 2.35. The predicted octanol–water partition coefficient (Wildman–Crippen LogP) is 4.55. The van der Waals surface area contributed by atoms with Gasteiger partial charge in [0.2, 0.25) is 0 Å². The number of carbonyl (C=O) groups excluding carboxylic acids is 1. The molecule has 0 aliphatic heterocycles. The monoisotopic (exact) mass is 269 g/mol. The molecule has 0 rings (SSSR count). The molecule has 0 aliphatic carbocycles. The van der Waals surface area contributed by atoms with Gasteiger partial charge in [-0.25, -0.2) is 4.79 Å². The summed E-state index contributed by atoms with van der Waals surface area (Å²) in [6, 6.07) is 0. The van der Waals surface area contributed by atoms with Crippen molar-refractivity contribution in [1.29, 1.82) is 0 Å². The lowest BCUT2D eigenvalue weighted by atomic mass is 10.1. The van der Waals surface area contributed by atoms with Gasteiger partial charge >= 0.3 is 6.09 Å². The van der Waals surface area contributed by atoms with Gasteiger partial charge in [0.25, 0.3) is 0 Å². The minimum atomic E-state index is -0.361. The highest BCUT2D eigenvalue weighted by Crippen LogP contribution is 2.05. The molecule has 0 unspecified atom stereocenters. The van der Waals surface area contributed by atoms with Crippen LogP contribution in [0.5, 0.6) is 0 Å². The Labute approximate surface area is 119 Å². The summed E-state index contributed by atoms with van der Waals surface area (Å²) in [5, 5.41) is 2.73. The molecule has 0 heterocycles. The van der Waals surface area contributed by atoms with E-state index in [2.05, 4.69) is 51.2 Å². The minimum absolute atomic E-state index is 0.361. The number of amides is 1. The summed E-state index contributed by atoms with van der Waals surface area (Å²) >= 11 is 0. The lowest BCUT2D eigenvalue weighted by Gasteiger charge is -2.08. The first kappa shape index (κ1) is 20.1. The van der Waals surface area contributed by atoms with Crippen molar-refractivity contribution in [2.24, 2.45) is 11.8 Å². The summed E-state index contributed by atoms with van der Waals surface area (Å²) in [4.78, 5) is 11.2. The fraction of sp³-hybridized carbons (Fsp3) is 0.688. The first-order chi connectivity index (χ1) is 8.95. The smallest absolute Gasteiger partial charge is 0.407 e. The van der Waals surface area contributed by atoms with E-state index in [4.69, 9.17) is 4.74 Å². The predicted molar refractivity (Wildman–Crippen MR) is 83.3 cm³/mol. The third-order valence-corrected chi connectivity index (χ3v) is 1.95. The number of ether oxygens (including phenoxy) is 1. The number of allylic oxidation sites excluding steroid dienone is 2. The Balaban J connectivity index is 0. The van der Waals surface area contributed by atoms with Gasteiger partial charge in [0.1, 0.15) is 0 Å². The zero-order valence-electron chi connectivity index (χ0n) is 13.6. The van der Waals surface area contributed by atoms with E-state index in [1.54, 1.807) is 6.92 Å². The first-order valence-corrected chi connectivity index (χ1v) is 7.25. The van der Waals surface area contributed by atoms with Crippen LogP contribution in [0.4, 0.5) is 4.79 Å². The van der Waals surface area contributed by atoms with Crippen molar-refractivity contribution in [2.45, 2.75) is 48.5 Å². The van der Waals surface area contributed by atoms with E-state index in [-0.39, 0.29) is 6.09 Å². The largest absolute Gasteiger partial charge is 0.450 e. The van der Waals surface area contributed by atoms with Gasteiger partial charge in [-0.2, -0.15) is 0 Å². The highest BCUT2D eigenvalue weighted by molar-refractivity contribution is 5.67. The molecule has 0 aromatic heterocycles. The summed E-state index contributed by atoms with van der Waals surface area (Å²) < 4.78 is 4.82. The molecule has 0 aromatic rings. The summed E-state index contributed by atoms with van der Waals surface area (Å²) in [6.45, 7) is 15.2. The molecule has 0 fully saturated rings. The molecule has 3 heteroatoms. The van der Waals surface area contributed by atoms with E-state index >= 15 is 0 Å². The highest BCUT2D eigenvalue weighted by atomic mass is 16.5. The molecular formula is C16H31NO2. The van der Waals surface area contributed by atoms with Crippen molar-refractivity contribution in [3.05, 3.63) is 23.8 Å². The molecule has 0 saturated carbocycles. The van der Waals surface area contributed by atoms with Gasteiger partial charge in [-0.05, 0) is 24.3 Å². The molecule has 0 spiro atoms. The van der Waals surface area contributed by atoms with Crippen molar-refractivity contribution in [2.75, 3.05) is 13.2 Å². The molecular weight excluding hydrogens is 238 g/mol. The number of hydrogen-bond acceptors (Lipinski definition) is 2. The molecule has 0 aromatic carbocycles. The third-order valence-electron chi connectivity index (χ3n) is 1.95. The topological polar surface area (TPSA) is 38.3 Å². The Bertz CT molecular complexity index is 278. The molecule has 0 aliphatic rings. The maximum Gasteiger partial charge on any atom is 0.407 e. The Morgan fingerprint density at radius 3 is 2.16 bits per heavy atom. The summed E-state index contributed by atoms with van der Waals surface area (Å²) in [6.07, 6.45) is 5.98. The van der Waals surface area contributed by atoms with Crippen molar-refractivity contribution in [3.8, 4) is 0 Å². The molecule has 1 amide bonds. The van der Waals surface area contributed by atoms with Crippen LogP contribution >= 0.6 is 0 Å². The quantitative estimate of drug-likeness (QED) is 0.718. The van der Waals surface area contributed by atoms with Crippen LogP contribution in [0.3, 0.4) is 0 Å². The number of carbonyl (C=O) groups is 1. The molecule has 1 N–H and O–H groups in total. The highest BCUT2D eigenvalue weighted by Gasteiger charge is 2.01. The van der Waals surface area contributed by atoms with Crippen molar-refractivity contribution >= 4 is 6.09 Å². The van der Waals surface area contributed by atoms with Crippen LogP contribution in [-0.4, -0.2) is 19.2 Å². The summed E-state index contributed by atoms with van der Waals surface area (Å²) in [7, 11) is 0. The van der Waals surface area contributed by atoms with Gasteiger partial charge in [-0.1, -0.05) is 59.8 Å². The first-order valence-electron chi connectivity index (χ1n) is 7.25. The lowest BCUT2D eigenvalue weighted by Crippen LogP contribution is -2.26. The minimum Gasteiger partial charge on any atom is -0.450 e. The summed E-state index contributed by atoms with van der Waals surface area (Å²) in [5.41, 5.74) is 1.11. The Kier molecular flexibility index (Phi) is 13.9. The van der Waals surface area contributed by atoms with Crippen LogP contribution in [0.25, 0.3) is 0 Å². The van der Waals surface area contributed by atoms with E-state index < -0.39 is 0 Å². The second kappa shape index (κ2) is 13.2. The number of alkyl carbamates (subject to hydrolysis) is 1. The molecule has 112 valence electrons. The molecule has 0 saturated heterocycles. The second-order valence-electron chi connectivity index (χ2n) is 4.66. The number of hydrogen-bond donors (Lipinski definition) is 1. The van der Waals surface area contributed by atoms with Crippen LogP contribution in [0.2, 0.25) is 0 Å². The van der Waals surface area contributed by atoms with Gasteiger partial charge in [0.05, 0.1) is 6.61 Å². The number of rotatable bonds is 6. The van der Waals surface area contributed by atoms with E-state index in [9.17, 15) is 4.79 Å². The molecule has 19 heavy (non-hydrogen) atoms. The fourth-order valence-electron chi connectivity index (χ4n) is 1.27. The van der Waals surface area contributed by atoms with Gasteiger partial charge in [0, 0.05) is 6.54 Å². The number of nitrogens with one attached hydrogen (secondary N) is 1. The third kappa shape index (κ3) is 14.7. The average molecular weight is 269 g/mol. The fourth-order valence-corrected chi connectivity index (χ4v) is 1.27. The summed E-state index contributed by atoms with van der Waals surface area (Å²) in [5.74, 6) is 0.971.